The minimum atomic E-state index is 0.0808. The molecular weight excluding hydrogens is 256 g/mol. The average Bonchev–Trinajstić information content (AvgIpc) is 2.47. The Morgan fingerprint density at radius 2 is 1.50 bits per heavy atom. The highest BCUT2D eigenvalue weighted by Gasteiger charge is 2.00. The molecule has 0 heterocycles. The van der Waals surface area contributed by atoms with Gasteiger partial charge in [0, 0.05) is 0 Å². The van der Waals surface area contributed by atoms with Crippen molar-refractivity contribution in [1.29, 1.82) is 0 Å². The fraction of sp³-hybridized carbons (Fsp3) is 0.0667. The van der Waals surface area contributed by atoms with Gasteiger partial charge in [-0.15, -0.1) is 0 Å². The van der Waals surface area contributed by atoms with E-state index in [1.54, 1.807) is 48.8 Å². The van der Waals surface area contributed by atoms with E-state index >= 15 is 0 Å². The molecule has 0 aliphatic carbocycles. The minimum Gasteiger partial charge on any atom is -0.508 e. The highest BCUT2D eigenvalue weighted by atomic mass is 16.5. The lowest BCUT2D eigenvalue weighted by atomic mass is 10.2. The van der Waals surface area contributed by atoms with E-state index in [2.05, 4.69) is 10.2 Å². The molecule has 0 fully saturated rings. The smallest absolute Gasteiger partial charge is 0.161 e. The fourth-order valence-corrected chi connectivity index (χ4v) is 1.53. The predicted octanol–water partition coefficient (Wildman–Crippen LogP) is 2.56. The lowest BCUT2D eigenvalue weighted by molar-refractivity contribution is 0.373. The lowest BCUT2D eigenvalue weighted by Crippen LogP contribution is -1.87. The summed E-state index contributed by atoms with van der Waals surface area (Å²) in [6.45, 7) is 0. The average molecular weight is 270 g/mol. The molecular formula is C15H14N2O3. The van der Waals surface area contributed by atoms with Crippen LogP contribution in [0.15, 0.2) is 52.7 Å². The molecule has 0 aliphatic heterocycles. The van der Waals surface area contributed by atoms with Crippen molar-refractivity contribution in [2.75, 3.05) is 7.11 Å². The summed E-state index contributed by atoms with van der Waals surface area (Å²) in [5.41, 5.74) is 1.60. The number of methoxy groups -OCH3 is 1. The zero-order chi connectivity index (χ0) is 14.4. The van der Waals surface area contributed by atoms with E-state index in [1.165, 1.54) is 13.2 Å². The van der Waals surface area contributed by atoms with E-state index in [0.717, 1.165) is 11.1 Å². The summed E-state index contributed by atoms with van der Waals surface area (Å²) in [5.74, 6) is 0.676. The SMILES string of the molecule is COc1cc(C=NN=Cc2ccc(O)cc2)ccc1O. The van der Waals surface area contributed by atoms with Gasteiger partial charge in [0.25, 0.3) is 0 Å². The number of hydrogen-bond donors (Lipinski definition) is 2. The van der Waals surface area contributed by atoms with Crippen molar-refractivity contribution in [1.82, 2.24) is 0 Å². The summed E-state index contributed by atoms with van der Waals surface area (Å²) in [7, 11) is 1.49. The third kappa shape index (κ3) is 3.58. The van der Waals surface area contributed by atoms with Crippen LogP contribution in [-0.4, -0.2) is 29.8 Å². The molecule has 0 atom stereocenters. The van der Waals surface area contributed by atoms with Gasteiger partial charge in [0.05, 0.1) is 19.5 Å². The van der Waals surface area contributed by atoms with Crippen molar-refractivity contribution >= 4 is 12.4 Å². The van der Waals surface area contributed by atoms with Crippen LogP contribution in [-0.2, 0) is 0 Å². The number of nitrogens with zero attached hydrogens (tertiary/aromatic N) is 2. The third-order valence-electron chi connectivity index (χ3n) is 2.58. The van der Waals surface area contributed by atoms with Gasteiger partial charge in [-0.2, -0.15) is 10.2 Å². The van der Waals surface area contributed by atoms with Crippen LogP contribution in [0.2, 0.25) is 0 Å². The first-order valence-corrected chi connectivity index (χ1v) is 5.91. The van der Waals surface area contributed by atoms with Gasteiger partial charge in [0.2, 0.25) is 0 Å². The van der Waals surface area contributed by atoms with E-state index < -0.39 is 0 Å². The predicted molar refractivity (Wildman–Crippen MR) is 78.0 cm³/mol. The zero-order valence-corrected chi connectivity index (χ0v) is 10.9. The first-order chi connectivity index (χ1) is 9.69. The molecule has 102 valence electrons. The molecule has 2 aromatic rings. The van der Waals surface area contributed by atoms with E-state index in [1.807, 2.05) is 0 Å². The Morgan fingerprint density at radius 1 is 0.900 bits per heavy atom. The number of phenols is 2. The molecule has 2 aromatic carbocycles. The number of aromatic hydroxyl groups is 2. The van der Waals surface area contributed by atoms with E-state index in [-0.39, 0.29) is 11.5 Å². The van der Waals surface area contributed by atoms with Crippen molar-refractivity contribution < 1.29 is 14.9 Å². The van der Waals surface area contributed by atoms with Gasteiger partial charge in [-0.3, -0.25) is 0 Å². The van der Waals surface area contributed by atoms with Crippen LogP contribution in [0.3, 0.4) is 0 Å². The van der Waals surface area contributed by atoms with E-state index in [9.17, 15) is 5.11 Å². The molecule has 5 heteroatoms. The minimum absolute atomic E-state index is 0.0808. The zero-order valence-electron chi connectivity index (χ0n) is 10.9. The summed E-state index contributed by atoms with van der Waals surface area (Å²) in [5, 5.41) is 26.4. The van der Waals surface area contributed by atoms with E-state index in [4.69, 9.17) is 9.84 Å². The molecule has 2 N–H and O–H groups in total. The summed E-state index contributed by atoms with van der Waals surface area (Å²) in [6, 6.07) is 11.5. The van der Waals surface area contributed by atoms with Gasteiger partial charge in [-0.05, 0) is 53.6 Å². The second kappa shape index (κ2) is 6.38. The standard InChI is InChI=1S/C15H14N2O3/c1-20-15-8-12(4-7-14(15)19)10-17-16-9-11-2-5-13(18)6-3-11/h2-10,18-19H,1H3. The third-order valence-corrected chi connectivity index (χ3v) is 2.58. The molecule has 0 unspecified atom stereocenters. The van der Waals surface area contributed by atoms with Crippen LogP contribution in [0.1, 0.15) is 11.1 Å². The number of ether oxygens (including phenoxy) is 1. The molecule has 0 amide bonds. The van der Waals surface area contributed by atoms with Crippen LogP contribution in [0, 0.1) is 0 Å². The Morgan fingerprint density at radius 3 is 2.15 bits per heavy atom. The number of benzene rings is 2. The van der Waals surface area contributed by atoms with Crippen molar-refractivity contribution in [2.45, 2.75) is 0 Å². The maximum atomic E-state index is 9.46. The molecule has 5 nitrogen and oxygen atoms in total. The lowest BCUT2D eigenvalue weighted by Gasteiger charge is -2.02. The van der Waals surface area contributed by atoms with Gasteiger partial charge in [-0.25, -0.2) is 0 Å². The molecule has 20 heavy (non-hydrogen) atoms. The summed E-state index contributed by atoms with van der Waals surface area (Å²) >= 11 is 0. The maximum Gasteiger partial charge on any atom is 0.161 e. The van der Waals surface area contributed by atoms with Gasteiger partial charge < -0.3 is 14.9 Å². The van der Waals surface area contributed by atoms with Gasteiger partial charge in [0.15, 0.2) is 11.5 Å². The first kappa shape index (κ1) is 13.6. The quantitative estimate of drug-likeness (QED) is 0.662. The largest absolute Gasteiger partial charge is 0.508 e. The van der Waals surface area contributed by atoms with Crippen LogP contribution in [0.25, 0.3) is 0 Å². The normalized spacial score (nSPS) is 11.2. The topological polar surface area (TPSA) is 74.4 Å². The molecule has 0 spiro atoms. The molecule has 0 aromatic heterocycles. The Kier molecular flexibility index (Phi) is 4.34. The summed E-state index contributed by atoms with van der Waals surface area (Å²) in [4.78, 5) is 0. The second-order valence-corrected chi connectivity index (χ2v) is 4.01. The number of rotatable bonds is 4. The monoisotopic (exact) mass is 270 g/mol. The molecule has 0 saturated heterocycles. The molecule has 2 rings (SSSR count). The summed E-state index contributed by atoms with van der Waals surface area (Å²) < 4.78 is 5.00. The van der Waals surface area contributed by atoms with Crippen molar-refractivity contribution in [3.05, 3.63) is 53.6 Å². The maximum absolute atomic E-state index is 9.46. The van der Waals surface area contributed by atoms with Gasteiger partial charge in [-0.1, -0.05) is 0 Å². The van der Waals surface area contributed by atoms with Gasteiger partial charge in [0.1, 0.15) is 5.75 Å². The Hall–Kier alpha value is -2.82. The Balaban J connectivity index is 2.04. The Bertz CT molecular complexity index is 634. The molecule has 0 aliphatic rings. The Labute approximate surface area is 116 Å². The van der Waals surface area contributed by atoms with Crippen LogP contribution in [0.5, 0.6) is 17.2 Å². The van der Waals surface area contributed by atoms with Crippen molar-refractivity contribution in [2.24, 2.45) is 10.2 Å². The van der Waals surface area contributed by atoms with Gasteiger partial charge >= 0.3 is 0 Å². The van der Waals surface area contributed by atoms with Crippen LogP contribution < -0.4 is 4.74 Å². The summed E-state index contributed by atoms with van der Waals surface area (Å²) in [6.07, 6.45) is 3.13. The highest BCUT2D eigenvalue weighted by molar-refractivity contribution is 5.83. The van der Waals surface area contributed by atoms with E-state index in [0.29, 0.717) is 5.75 Å². The highest BCUT2D eigenvalue weighted by Crippen LogP contribution is 2.25. The van der Waals surface area contributed by atoms with Crippen molar-refractivity contribution in [3.63, 3.8) is 0 Å². The fourth-order valence-electron chi connectivity index (χ4n) is 1.53. The molecule has 0 radical (unpaired) electrons. The molecule has 0 bridgehead atoms. The number of phenolic OH excluding ortho intramolecular Hbond substituents is 2. The number of hydrogen-bond acceptors (Lipinski definition) is 5. The van der Waals surface area contributed by atoms with Crippen LogP contribution >= 0.6 is 0 Å². The first-order valence-electron chi connectivity index (χ1n) is 5.91. The van der Waals surface area contributed by atoms with Crippen molar-refractivity contribution in [3.8, 4) is 17.2 Å². The second-order valence-electron chi connectivity index (χ2n) is 4.01. The molecule has 0 saturated carbocycles. The van der Waals surface area contributed by atoms with Crippen LogP contribution in [0.4, 0.5) is 0 Å².